The highest BCUT2D eigenvalue weighted by Gasteiger charge is 2.32. The van der Waals surface area contributed by atoms with Gasteiger partial charge in [-0.2, -0.15) is 0 Å². The molecule has 7 nitrogen and oxygen atoms in total. The van der Waals surface area contributed by atoms with Gasteiger partial charge in [-0.05, 0) is 42.3 Å². The van der Waals surface area contributed by atoms with E-state index in [0.29, 0.717) is 22.8 Å². The summed E-state index contributed by atoms with van der Waals surface area (Å²) in [4.78, 5) is 24.8. The van der Waals surface area contributed by atoms with Crippen molar-refractivity contribution in [3.63, 3.8) is 0 Å². The number of benzene rings is 2. The highest BCUT2D eigenvalue weighted by Crippen LogP contribution is 2.33. The molecule has 2 aromatic rings. The Labute approximate surface area is 169 Å². The normalized spacial score (nSPS) is 17.8. The van der Waals surface area contributed by atoms with Gasteiger partial charge >= 0.3 is 12.0 Å². The summed E-state index contributed by atoms with van der Waals surface area (Å²) in [6.07, 6.45) is 0. The van der Waals surface area contributed by atoms with Crippen LogP contribution in [0.1, 0.15) is 24.1 Å². The molecule has 8 heteroatoms. The third-order valence-electron chi connectivity index (χ3n) is 4.50. The number of nitrogens with one attached hydrogen (secondary N) is 2. The fourth-order valence-electron chi connectivity index (χ4n) is 3.13. The molecule has 2 N–H and O–H groups in total. The van der Waals surface area contributed by atoms with Gasteiger partial charge in [0.05, 0.1) is 11.6 Å². The van der Waals surface area contributed by atoms with Crippen LogP contribution in [0.25, 0.3) is 0 Å². The molecule has 2 amide bonds. The molecule has 1 unspecified atom stereocenters. The number of amides is 2. The molecule has 2 aliphatic heterocycles. The van der Waals surface area contributed by atoms with Crippen LogP contribution in [0.5, 0.6) is 11.5 Å². The van der Waals surface area contributed by atoms with Gasteiger partial charge < -0.3 is 24.8 Å². The number of urea groups is 1. The molecule has 4 rings (SSSR count). The summed E-state index contributed by atoms with van der Waals surface area (Å²) >= 11 is 3.39. The minimum Gasteiger partial charge on any atom is -0.457 e. The van der Waals surface area contributed by atoms with Gasteiger partial charge in [0.2, 0.25) is 6.79 Å². The van der Waals surface area contributed by atoms with Crippen molar-refractivity contribution in [2.24, 2.45) is 0 Å². The predicted molar refractivity (Wildman–Crippen MR) is 104 cm³/mol. The van der Waals surface area contributed by atoms with E-state index < -0.39 is 12.0 Å². The Morgan fingerprint density at radius 1 is 1.18 bits per heavy atom. The van der Waals surface area contributed by atoms with E-state index in [-0.39, 0.29) is 19.4 Å². The van der Waals surface area contributed by atoms with Gasteiger partial charge in [-0.1, -0.05) is 34.1 Å². The van der Waals surface area contributed by atoms with Crippen molar-refractivity contribution in [3.8, 4) is 11.5 Å². The Morgan fingerprint density at radius 3 is 2.71 bits per heavy atom. The van der Waals surface area contributed by atoms with Gasteiger partial charge in [-0.3, -0.25) is 0 Å². The Bertz CT molecular complexity index is 971. The van der Waals surface area contributed by atoms with Crippen LogP contribution >= 0.6 is 15.9 Å². The standard InChI is InChI=1S/C20H17BrN2O5/c1-11-17(18(23-20(25)22-11)13-3-5-14(21)6-4-13)19(24)26-9-12-2-7-15-16(8-12)28-10-27-15/h2-8,18H,9-10H2,1H3,(H2,22,23,25). The first-order valence-corrected chi connectivity index (χ1v) is 9.40. The van der Waals surface area contributed by atoms with E-state index in [1.54, 1.807) is 19.1 Å². The Balaban J connectivity index is 1.54. The van der Waals surface area contributed by atoms with Crippen LogP contribution in [0.4, 0.5) is 4.79 Å². The predicted octanol–water partition coefficient (Wildman–Crippen LogP) is 3.55. The van der Waals surface area contributed by atoms with E-state index >= 15 is 0 Å². The van der Waals surface area contributed by atoms with E-state index in [0.717, 1.165) is 15.6 Å². The number of esters is 1. The molecule has 28 heavy (non-hydrogen) atoms. The van der Waals surface area contributed by atoms with Gasteiger partial charge in [0, 0.05) is 10.2 Å². The van der Waals surface area contributed by atoms with E-state index in [1.165, 1.54) is 0 Å². The molecule has 2 aliphatic rings. The quantitative estimate of drug-likeness (QED) is 0.704. The maximum Gasteiger partial charge on any atom is 0.338 e. The number of hydrogen-bond donors (Lipinski definition) is 2. The molecule has 2 heterocycles. The summed E-state index contributed by atoms with van der Waals surface area (Å²) in [5, 5.41) is 5.42. The van der Waals surface area contributed by atoms with Crippen LogP contribution in [0.2, 0.25) is 0 Å². The Hall–Kier alpha value is -3.00. The van der Waals surface area contributed by atoms with Gasteiger partial charge in [0.25, 0.3) is 0 Å². The summed E-state index contributed by atoms with van der Waals surface area (Å²) in [6.45, 7) is 1.94. The lowest BCUT2D eigenvalue weighted by molar-refractivity contribution is -0.140. The minimum absolute atomic E-state index is 0.0766. The summed E-state index contributed by atoms with van der Waals surface area (Å²) < 4.78 is 17.0. The maximum absolute atomic E-state index is 12.8. The molecule has 0 bridgehead atoms. The number of rotatable bonds is 4. The van der Waals surface area contributed by atoms with Gasteiger partial charge in [0.1, 0.15) is 6.61 Å². The molecule has 144 valence electrons. The van der Waals surface area contributed by atoms with Crippen molar-refractivity contribution in [1.82, 2.24) is 10.6 Å². The number of halogens is 1. The lowest BCUT2D eigenvalue weighted by Crippen LogP contribution is -2.45. The van der Waals surface area contributed by atoms with Crippen molar-refractivity contribution in [2.75, 3.05) is 6.79 Å². The van der Waals surface area contributed by atoms with Gasteiger partial charge in [-0.25, -0.2) is 9.59 Å². The summed E-state index contributed by atoms with van der Waals surface area (Å²) in [5.74, 6) is 0.794. The number of carbonyl (C=O) groups excluding carboxylic acids is 2. The number of ether oxygens (including phenoxy) is 3. The molecular formula is C20H17BrN2O5. The van der Waals surface area contributed by atoms with Crippen LogP contribution in [-0.4, -0.2) is 18.8 Å². The fourth-order valence-corrected chi connectivity index (χ4v) is 3.39. The van der Waals surface area contributed by atoms with Crippen LogP contribution in [-0.2, 0) is 16.1 Å². The number of fused-ring (bicyclic) bond motifs is 1. The average Bonchev–Trinajstić information content (AvgIpc) is 3.14. The van der Waals surface area contributed by atoms with Crippen LogP contribution < -0.4 is 20.1 Å². The molecule has 2 aromatic carbocycles. The topological polar surface area (TPSA) is 85.9 Å². The van der Waals surface area contributed by atoms with Crippen molar-refractivity contribution < 1.29 is 23.8 Å². The zero-order valence-corrected chi connectivity index (χ0v) is 16.5. The van der Waals surface area contributed by atoms with E-state index in [4.69, 9.17) is 14.2 Å². The third-order valence-corrected chi connectivity index (χ3v) is 5.03. The number of allylic oxidation sites excluding steroid dienone is 1. The molecule has 0 saturated carbocycles. The fraction of sp³-hybridized carbons (Fsp3) is 0.200. The molecule has 0 radical (unpaired) electrons. The van der Waals surface area contributed by atoms with E-state index in [9.17, 15) is 9.59 Å². The number of carbonyl (C=O) groups is 2. The lowest BCUT2D eigenvalue weighted by Gasteiger charge is -2.28. The average molecular weight is 445 g/mol. The van der Waals surface area contributed by atoms with E-state index in [1.807, 2.05) is 30.3 Å². The summed E-state index contributed by atoms with van der Waals surface area (Å²) in [6, 6.07) is 11.8. The van der Waals surface area contributed by atoms with Crippen molar-refractivity contribution in [2.45, 2.75) is 19.6 Å². The first-order chi connectivity index (χ1) is 13.5. The van der Waals surface area contributed by atoms with Crippen LogP contribution in [0.15, 0.2) is 58.2 Å². The van der Waals surface area contributed by atoms with Crippen molar-refractivity contribution >= 4 is 27.9 Å². The summed E-state index contributed by atoms with van der Waals surface area (Å²) in [5.41, 5.74) is 2.39. The Kier molecular flexibility index (Phi) is 4.95. The highest BCUT2D eigenvalue weighted by molar-refractivity contribution is 9.10. The van der Waals surface area contributed by atoms with E-state index in [2.05, 4.69) is 26.6 Å². The molecule has 0 saturated heterocycles. The second-order valence-electron chi connectivity index (χ2n) is 6.39. The van der Waals surface area contributed by atoms with Crippen molar-refractivity contribution in [3.05, 3.63) is 69.3 Å². The zero-order valence-electron chi connectivity index (χ0n) is 15.0. The maximum atomic E-state index is 12.8. The third kappa shape index (κ3) is 3.68. The first-order valence-electron chi connectivity index (χ1n) is 8.60. The monoisotopic (exact) mass is 444 g/mol. The summed E-state index contributed by atoms with van der Waals surface area (Å²) in [7, 11) is 0. The minimum atomic E-state index is -0.592. The second-order valence-corrected chi connectivity index (χ2v) is 7.30. The largest absolute Gasteiger partial charge is 0.457 e. The van der Waals surface area contributed by atoms with Gasteiger partial charge in [-0.15, -0.1) is 0 Å². The van der Waals surface area contributed by atoms with Crippen molar-refractivity contribution in [1.29, 1.82) is 0 Å². The highest BCUT2D eigenvalue weighted by atomic mass is 79.9. The molecule has 0 aromatic heterocycles. The van der Waals surface area contributed by atoms with Crippen LogP contribution in [0.3, 0.4) is 0 Å². The molecule has 0 spiro atoms. The lowest BCUT2D eigenvalue weighted by atomic mass is 9.96. The molecule has 0 fully saturated rings. The molecular weight excluding hydrogens is 428 g/mol. The number of hydrogen-bond acceptors (Lipinski definition) is 5. The van der Waals surface area contributed by atoms with Gasteiger partial charge in [0.15, 0.2) is 11.5 Å². The Morgan fingerprint density at radius 2 is 1.93 bits per heavy atom. The molecule has 0 aliphatic carbocycles. The smallest absolute Gasteiger partial charge is 0.338 e. The SMILES string of the molecule is CC1=C(C(=O)OCc2ccc3c(c2)OCO3)C(c2ccc(Br)cc2)NC(=O)N1. The zero-order chi connectivity index (χ0) is 19.7. The molecule has 1 atom stereocenters. The first kappa shape index (κ1) is 18.4. The van der Waals surface area contributed by atoms with Crippen LogP contribution in [0, 0.1) is 0 Å². The second kappa shape index (κ2) is 7.55.